The van der Waals surface area contributed by atoms with Gasteiger partial charge in [-0.25, -0.2) is 15.0 Å². The van der Waals surface area contributed by atoms with Crippen LogP contribution in [-0.2, 0) is 5.41 Å². The first kappa shape index (κ1) is 30.5. The molecule has 0 amide bonds. The van der Waals surface area contributed by atoms with E-state index in [0.29, 0.717) is 17.5 Å². The molecule has 0 unspecified atom stereocenters. The van der Waals surface area contributed by atoms with Gasteiger partial charge in [-0.2, -0.15) is 0 Å². The average Bonchev–Trinajstić information content (AvgIpc) is 3.43. The number of fused-ring (bicyclic) bond motifs is 3. The maximum absolute atomic E-state index is 5.11. The molecule has 0 spiro atoms. The number of hydrogen-bond acceptors (Lipinski definition) is 4. The second-order valence-corrected chi connectivity index (χ2v) is 13.6. The molecule has 9 rings (SSSR count). The van der Waals surface area contributed by atoms with Gasteiger partial charge >= 0.3 is 0 Å². The van der Waals surface area contributed by atoms with Crippen molar-refractivity contribution in [3.8, 4) is 78.7 Å². The molecular formula is C47H34N4. The summed E-state index contributed by atoms with van der Waals surface area (Å²) in [4.78, 5) is 19.6. The Morgan fingerprint density at radius 1 is 0.353 bits per heavy atom. The zero-order valence-electron chi connectivity index (χ0n) is 28.5. The molecule has 2 heterocycles. The van der Waals surface area contributed by atoms with Gasteiger partial charge in [-0.15, -0.1) is 0 Å². The monoisotopic (exact) mass is 654 g/mol. The summed E-state index contributed by atoms with van der Waals surface area (Å²) in [5.41, 5.74) is 14.7. The fraction of sp³-hybridized carbons (Fsp3) is 0.0638. The molecule has 0 N–H and O–H groups in total. The molecule has 242 valence electrons. The lowest BCUT2D eigenvalue weighted by molar-refractivity contribution is 0.661. The van der Waals surface area contributed by atoms with Crippen LogP contribution in [0.25, 0.3) is 78.7 Å². The van der Waals surface area contributed by atoms with Gasteiger partial charge in [0, 0.05) is 34.5 Å². The van der Waals surface area contributed by atoms with E-state index in [-0.39, 0.29) is 5.41 Å². The lowest BCUT2D eigenvalue weighted by atomic mass is 9.81. The maximum Gasteiger partial charge on any atom is 0.164 e. The highest BCUT2D eigenvalue weighted by atomic mass is 15.0. The van der Waals surface area contributed by atoms with Crippen LogP contribution in [0.15, 0.2) is 170 Å². The normalized spacial score (nSPS) is 12.7. The van der Waals surface area contributed by atoms with Crippen molar-refractivity contribution < 1.29 is 0 Å². The lowest BCUT2D eigenvalue weighted by Crippen LogP contribution is -2.15. The van der Waals surface area contributed by atoms with Crippen LogP contribution in [0.1, 0.15) is 25.0 Å². The third-order valence-corrected chi connectivity index (χ3v) is 10.1. The quantitative estimate of drug-likeness (QED) is 0.179. The molecule has 51 heavy (non-hydrogen) atoms. The van der Waals surface area contributed by atoms with E-state index in [1.165, 1.54) is 38.9 Å². The first-order chi connectivity index (χ1) is 25.0. The summed E-state index contributed by atoms with van der Waals surface area (Å²) < 4.78 is 0. The molecule has 0 fully saturated rings. The Hall–Kier alpha value is -6.52. The van der Waals surface area contributed by atoms with Crippen LogP contribution in [0.4, 0.5) is 0 Å². The first-order valence-electron chi connectivity index (χ1n) is 17.3. The molecule has 0 bridgehead atoms. The van der Waals surface area contributed by atoms with E-state index in [9.17, 15) is 0 Å². The number of hydrogen-bond donors (Lipinski definition) is 0. The van der Waals surface area contributed by atoms with Crippen LogP contribution in [0.3, 0.4) is 0 Å². The van der Waals surface area contributed by atoms with Gasteiger partial charge in [-0.1, -0.05) is 153 Å². The van der Waals surface area contributed by atoms with Crippen molar-refractivity contribution in [2.24, 2.45) is 0 Å². The Balaban J connectivity index is 1.13. The standard InChI is InChI=1S/C47H34N4/c1-47(2)42-28-37(39-14-9-27-48-30-39)23-25-40(42)41-26-24-38(29-43(41)47)46-50-44(35-19-15-33(16-20-35)31-10-5-3-6-11-31)49-45(51-46)36-21-17-34(18-22-36)32-12-7-4-8-13-32/h3-30H,1-2H3. The first-order valence-corrected chi connectivity index (χ1v) is 17.3. The smallest absolute Gasteiger partial charge is 0.164 e. The molecule has 6 aromatic carbocycles. The minimum Gasteiger partial charge on any atom is -0.264 e. The molecule has 0 aliphatic heterocycles. The predicted molar refractivity (Wildman–Crippen MR) is 208 cm³/mol. The SMILES string of the molecule is CC1(C)c2cc(-c3cccnc3)ccc2-c2ccc(-c3nc(-c4ccc(-c5ccccc5)cc4)nc(-c4ccc(-c5ccccc5)cc4)n3)cc21. The Bertz CT molecular complexity index is 2410. The van der Waals surface area contributed by atoms with E-state index in [1.54, 1.807) is 0 Å². The van der Waals surface area contributed by atoms with Crippen molar-refractivity contribution >= 4 is 0 Å². The Labute approximate surface area is 298 Å². The Kier molecular flexibility index (Phi) is 7.44. The zero-order chi connectivity index (χ0) is 34.4. The zero-order valence-corrected chi connectivity index (χ0v) is 28.5. The van der Waals surface area contributed by atoms with Gasteiger partial charge in [-0.3, -0.25) is 4.98 Å². The number of benzene rings is 6. The van der Waals surface area contributed by atoms with Crippen LogP contribution in [0.5, 0.6) is 0 Å². The Morgan fingerprint density at radius 2 is 0.745 bits per heavy atom. The molecule has 1 aliphatic rings. The topological polar surface area (TPSA) is 51.6 Å². The van der Waals surface area contributed by atoms with Gasteiger partial charge in [-0.05, 0) is 73.8 Å². The van der Waals surface area contributed by atoms with Crippen LogP contribution in [-0.4, -0.2) is 19.9 Å². The predicted octanol–water partition coefficient (Wildman–Crippen LogP) is 11.6. The second kappa shape index (κ2) is 12.4. The molecular weight excluding hydrogens is 621 g/mol. The van der Waals surface area contributed by atoms with Crippen molar-refractivity contribution in [1.82, 2.24) is 19.9 Å². The van der Waals surface area contributed by atoms with E-state index < -0.39 is 0 Å². The van der Waals surface area contributed by atoms with E-state index in [1.807, 2.05) is 30.6 Å². The minimum absolute atomic E-state index is 0.210. The van der Waals surface area contributed by atoms with Gasteiger partial charge in [0.05, 0.1) is 0 Å². The number of aromatic nitrogens is 4. The van der Waals surface area contributed by atoms with Crippen molar-refractivity contribution in [3.63, 3.8) is 0 Å². The van der Waals surface area contributed by atoms with Crippen molar-refractivity contribution in [1.29, 1.82) is 0 Å². The largest absolute Gasteiger partial charge is 0.264 e. The van der Waals surface area contributed by atoms with Crippen LogP contribution in [0.2, 0.25) is 0 Å². The lowest BCUT2D eigenvalue weighted by Gasteiger charge is -2.22. The molecule has 4 nitrogen and oxygen atoms in total. The van der Waals surface area contributed by atoms with Gasteiger partial charge < -0.3 is 0 Å². The van der Waals surface area contributed by atoms with Gasteiger partial charge in [0.25, 0.3) is 0 Å². The summed E-state index contributed by atoms with van der Waals surface area (Å²) in [5.74, 6) is 1.94. The molecule has 2 aromatic heterocycles. The molecule has 0 radical (unpaired) electrons. The van der Waals surface area contributed by atoms with Gasteiger partial charge in [0.15, 0.2) is 17.5 Å². The summed E-state index contributed by atoms with van der Waals surface area (Å²) in [6.07, 6.45) is 3.74. The van der Waals surface area contributed by atoms with E-state index in [2.05, 4.69) is 158 Å². The van der Waals surface area contributed by atoms with Crippen LogP contribution < -0.4 is 0 Å². The highest BCUT2D eigenvalue weighted by Gasteiger charge is 2.36. The van der Waals surface area contributed by atoms with Crippen molar-refractivity contribution in [3.05, 3.63) is 181 Å². The molecule has 0 saturated heterocycles. The Morgan fingerprint density at radius 3 is 1.24 bits per heavy atom. The second-order valence-electron chi connectivity index (χ2n) is 13.6. The minimum atomic E-state index is -0.210. The summed E-state index contributed by atoms with van der Waals surface area (Å²) in [5, 5.41) is 0. The van der Waals surface area contributed by atoms with Crippen LogP contribution in [0, 0.1) is 0 Å². The molecule has 0 saturated carbocycles. The molecule has 1 aliphatic carbocycles. The number of rotatable bonds is 6. The van der Waals surface area contributed by atoms with Crippen molar-refractivity contribution in [2.45, 2.75) is 19.3 Å². The molecule has 8 aromatic rings. The van der Waals surface area contributed by atoms with E-state index in [4.69, 9.17) is 15.0 Å². The number of pyridine rings is 1. The van der Waals surface area contributed by atoms with Gasteiger partial charge in [0.1, 0.15) is 0 Å². The van der Waals surface area contributed by atoms with Gasteiger partial charge in [0.2, 0.25) is 0 Å². The average molecular weight is 655 g/mol. The van der Waals surface area contributed by atoms with E-state index in [0.717, 1.165) is 33.4 Å². The number of nitrogens with zero attached hydrogens (tertiary/aromatic N) is 4. The fourth-order valence-corrected chi connectivity index (χ4v) is 7.24. The summed E-state index contributed by atoms with van der Waals surface area (Å²) in [6.45, 7) is 4.61. The fourth-order valence-electron chi connectivity index (χ4n) is 7.24. The van der Waals surface area contributed by atoms with E-state index >= 15 is 0 Å². The summed E-state index contributed by atoms with van der Waals surface area (Å²) >= 11 is 0. The highest BCUT2D eigenvalue weighted by Crippen LogP contribution is 2.50. The molecule has 4 heteroatoms. The highest BCUT2D eigenvalue weighted by molar-refractivity contribution is 5.85. The summed E-state index contributed by atoms with van der Waals surface area (Å²) in [7, 11) is 0. The van der Waals surface area contributed by atoms with Crippen molar-refractivity contribution in [2.75, 3.05) is 0 Å². The third-order valence-electron chi connectivity index (χ3n) is 10.1. The third kappa shape index (κ3) is 5.61. The van der Waals surface area contributed by atoms with Crippen LogP contribution >= 0.6 is 0 Å². The summed E-state index contributed by atoms with van der Waals surface area (Å²) in [6, 6.07) is 55.3. The molecule has 0 atom stereocenters. The maximum atomic E-state index is 5.11.